The lowest BCUT2D eigenvalue weighted by Crippen LogP contribution is -2.43. The summed E-state index contributed by atoms with van der Waals surface area (Å²) in [5.41, 5.74) is 2.68. The van der Waals surface area contributed by atoms with Crippen LogP contribution in [0.2, 0.25) is 0 Å². The van der Waals surface area contributed by atoms with E-state index in [0.717, 1.165) is 50.3 Å². The molecular formula is C23H27N5O2S. The standard InChI is InChI=1S/C23H27N5O2S/c29-31(30,23-4-2-1-3-5-23)27-20-6-8-22(9-7-20)28-16-11-19(12-17-28)25-13-10-21-18-24-14-15-26-21/h1-9,14-15,18-19,25,27H,10-13,16-17H2. The minimum absolute atomic E-state index is 0.257. The number of nitrogens with one attached hydrogen (secondary N) is 2. The Morgan fingerprint density at radius 2 is 1.71 bits per heavy atom. The van der Waals surface area contributed by atoms with E-state index in [4.69, 9.17) is 0 Å². The molecule has 0 amide bonds. The molecule has 162 valence electrons. The summed E-state index contributed by atoms with van der Waals surface area (Å²) in [4.78, 5) is 11.0. The predicted molar refractivity (Wildman–Crippen MR) is 123 cm³/mol. The van der Waals surface area contributed by atoms with Gasteiger partial charge in [0.2, 0.25) is 0 Å². The van der Waals surface area contributed by atoms with Crippen LogP contribution in [0, 0.1) is 0 Å². The summed E-state index contributed by atoms with van der Waals surface area (Å²) in [7, 11) is -3.57. The highest BCUT2D eigenvalue weighted by Gasteiger charge is 2.19. The highest BCUT2D eigenvalue weighted by Crippen LogP contribution is 2.23. The first kappa shape index (κ1) is 21.3. The third kappa shape index (κ3) is 5.80. The lowest BCUT2D eigenvalue weighted by molar-refractivity contribution is 0.417. The number of piperidine rings is 1. The molecule has 0 aliphatic carbocycles. The maximum Gasteiger partial charge on any atom is 0.261 e. The van der Waals surface area contributed by atoms with Gasteiger partial charge in [-0.1, -0.05) is 18.2 Å². The van der Waals surface area contributed by atoms with Crippen LogP contribution in [0.1, 0.15) is 18.5 Å². The lowest BCUT2D eigenvalue weighted by atomic mass is 10.0. The van der Waals surface area contributed by atoms with E-state index in [2.05, 4.69) is 24.9 Å². The predicted octanol–water partition coefficient (Wildman–Crippen LogP) is 3.08. The van der Waals surface area contributed by atoms with Crippen LogP contribution in [-0.4, -0.2) is 44.1 Å². The second kappa shape index (κ2) is 9.89. The normalized spacial score (nSPS) is 15.0. The van der Waals surface area contributed by atoms with Crippen molar-refractivity contribution in [1.29, 1.82) is 0 Å². The Hall–Kier alpha value is -2.97. The number of hydrogen-bond donors (Lipinski definition) is 2. The number of anilines is 2. The monoisotopic (exact) mass is 437 g/mol. The number of sulfonamides is 1. The average Bonchev–Trinajstić information content (AvgIpc) is 2.81. The van der Waals surface area contributed by atoms with Crippen molar-refractivity contribution in [3.05, 3.63) is 78.9 Å². The Morgan fingerprint density at radius 1 is 0.968 bits per heavy atom. The van der Waals surface area contributed by atoms with Crippen LogP contribution in [-0.2, 0) is 16.4 Å². The molecule has 0 radical (unpaired) electrons. The topological polar surface area (TPSA) is 87.2 Å². The molecule has 1 fully saturated rings. The van der Waals surface area contributed by atoms with Gasteiger partial charge in [0, 0.05) is 62.1 Å². The smallest absolute Gasteiger partial charge is 0.261 e. The van der Waals surface area contributed by atoms with E-state index in [0.29, 0.717) is 11.7 Å². The zero-order chi connectivity index (χ0) is 21.5. The molecule has 2 heterocycles. The third-order valence-electron chi connectivity index (χ3n) is 5.46. The quantitative estimate of drug-likeness (QED) is 0.563. The number of aromatic nitrogens is 2. The van der Waals surface area contributed by atoms with Gasteiger partial charge in [-0.25, -0.2) is 8.42 Å². The van der Waals surface area contributed by atoms with Crippen LogP contribution in [0.4, 0.5) is 11.4 Å². The molecule has 0 spiro atoms. The fraction of sp³-hybridized carbons (Fsp3) is 0.304. The molecule has 1 aromatic heterocycles. The zero-order valence-corrected chi connectivity index (χ0v) is 18.1. The Morgan fingerprint density at radius 3 is 2.39 bits per heavy atom. The van der Waals surface area contributed by atoms with Crippen molar-refractivity contribution in [2.45, 2.75) is 30.2 Å². The highest BCUT2D eigenvalue weighted by atomic mass is 32.2. The molecular weight excluding hydrogens is 410 g/mol. The molecule has 4 rings (SSSR count). The zero-order valence-electron chi connectivity index (χ0n) is 17.3. The summed E-state index contributed by atoms with van der Waals surface area (Å²) in [5.74, 6) is 0. The summed E-state index contributed by atoms with van der Waals surface area (Å²) in [6.45, 7) is 2.84. The molecule has 1 saturated heterocycles. The molecule has 0 unspecified atom stereocenters. The van der Waals surface area contributed by atoms with E-state index >= 15 is 0 Å². The van der Waals surface area contributed by atoms with Crippen LogP contribution >= 0.6 is 0 Å². The Labute approximate surface area is 183 Å². The van der Waals surface area contributed by atoms with E-state index in [9.17, 15) is 8.42 Å². The molecule has 0 bridgehead atoms. The van der Waals surface area contributed by atoms with E-state index in [1.807, 2.05) is 30.5 Å². The van der Waals surface area contributed by atoms with Crippen LogP contribution in [0.25, 0.3) is 0 Å². The lowest BCUT2D eigenvalue weighted by Gasteiger charge is -2.34. The first-order valence-corrected chi connectivity index (χ1v) is 12.0. The minimum atomic E-state index is -3.57. The maximum absolute atomic E-state index is 12.5. The van der Waals surface area contributed by atoms with Gasteiger partial charge in [0.1, 0.15) is 0 Å². The van der Waals surface area contributed by atoms with E-state index in [1.165, 1.54) is 0 Å². The van der Waals surface area contributed by atoms with E-state index in [1.54, 1.807) is 42.7 Å². The van der Waals surface area contributed by atoms with Crippen LogP contribution < -0.4 is 14.9 Å². The van der Waals surface area contributed by atoms with Gasteiger partial charge >= 0.3 is 0 Å². The van der Waals surface area contributed by atoms with Gasteiger partial charge in [-0.15, -0.1) is 0 Å². The van der Waals surface area contributed by atoms with Crippen molar-refractivity contribution < 1.29 is 8.42 Å². The summed E-state index contributed by atoms with van der Waals surface area (Å²) >= 11 is 0. The fourth-order valence-corrected chi connectivity index (χ4v) is 4.84. The van der Waals surface area contributed by atoms with Crippen molar-refractivity contribution in [1.82, 2.24) is 15.3 Å². The molecule has 7 nitrogen and oxygen atoms in total. The van der Waals surface area contributed by atoms with Crippen molar-refractivity contribution >= 4 is 21.4 Å². The molecule has 31 heavy (non-hydrogen) atoms. The minimum Gasteiger partial charge on any atom is -0.371 e. The van der Waals surface area contributed by atoms with Crippen LogP contribution in [0.3, 0.4) is 0 Å². The van der Waals surface area contributed by atoms with Crippen molar-refractivity contribution in [2.75, 3.05) is 29.3 Å². The molecule has 8 heteroatoms. The van der Waals surface area contributed by atoms with E-state index in [-0.39, 0.29) is 4.90 Å². The molecule has 2 aromatic carbocycles. The first-order valence-electron chi connectivity index (χ1n) is 10.5. The van der Waals surface area contributed by atoms with Crippen molar-refractivity contribution in [2.24, 2.45) is 0 Å². The Balaban J connectivity index is 1.25. The molecule has 3 aromatic rings. The SMILES string of the molecule is O=S(=O)(Nc1ccc(N2CCC(NCCc3cnccn3)CC2)cc1)c1ccccc1. The summed E-state index contributed by atoms with van der Waals surface area (Å²) in [6, 6.07) is 16.5. The number of hydrogen-bond acceptors (Lipinski definition) is 6. The largest absolute Gasteiger partial charge is 0.371 e. The van der Waals surface area contributed by atoms with Crippen molar-refractivity contribution in [3.63, 3.8) is 0 Å². The summed E-state index contributed by atoms with van der Waals surface area (Å²) in [6.07, 6.45) is 8.26. The van der Waals surface area contributed by atoms with Gasteiger partial charge in [-0.05, 0) is 49.2 Å². The number of rotatable bonds is 8. The molecule has 0 saturated carbocycles. The molecule has 1 aliphatic rings. The first-order chi connectivity index (χ1) is 15.1. The Kier molecular flexibility index (Phi) is 6.79. The van der Waals surface area contributed by atoms with Gasteiger partial charge in [0.05, 0.1) is 10.6 Å². The van der Waals surface area contributed by atoms with Gasteiger partial charge < -0.3 is 10.2 Å². The van der Waals surface area contributed by atoms with Crippen LogP contribution in [0.15, 0.2) is 78.1 Å². The van der Waals surface area contributed by atoms with Gasteiger partial charge in [0.25, 0.3) is 10.0 Å². The summed E-state index contributed by atoms with van der Waals surface area (Å²) < 4.78 is 27.6. The number of benzene rings is 2. The molecule has 0 atom stereocenters. The average molecular weight is 438 g/mol. The molecule has 1 aliphatic heterocycles. The Bertz CT molecular complexity index is 1050. The van der Waals surface area contributed by atoms with E-state index < -0.39 is 10.0 Å². The second-order valence-corrected chi connectivity index (χ2v) is 9.31. The van der Waals surface area contributed by atoms with Crippen molar-refractivity contribution in [3.8, 4) is 0 Å². The molecule has 2 N–H and O–H groups in total. The van der Waals surface area contributed by atoms with Crippen LogP contribution in [0.5, 0.6) is 0 Å². The van der Waals surface area contributed by atoms with Gasteiger partial charge in [-0.3, -0.25) is 14.7 Å². The second-order valence-electron chi connectivity index (χ2n) is 7.63. The highest BCUT2D eigenvalue weighted by molar-refractivity contribution is 7.92. The van der Waals surface area contributed by atoms with Gasteiger partial charge in [-0.2, -0.15) is 0 Å². The number of nitrogens with zero attached hydrogens (tertiary/aromatic N) is 3. The van der Waals surface area contributed by atoms with Gasteiger partial charge in [0.15, 0.2) is 0 Å². The fourth-order valence-electron chi connectivity index (χ4n) is 3.76. The third-order valence-corrected chi connectivity index (χ3v) is 6.86. The summed E-state index contributed by atoms with van der Waals surface area (Å²) in [5, 5.41) is 3.62. The maximum atomic E-state index is 12.5.